The number of amides is 8. The van der Waals surface area contributed by atoms with E-state index in [9.17, 15) is 38.4 Å². The molecule has 0 spiro atoms. The normalized spacial score (nSPS) is 18.0. The quantitative estimate of drug-likeness (QED) is 0.168. The highest BCUT2D eigenvalue weighted by molar-refractivity contribution is 6.38. The number of rotatable bonds is 13. The molecule has 3 aromatic rings. The average molecular weight is 924 g/mol. The number of nitrogens with one attached hydrogen (secondary N) is 3. The summed E-state index contributed by atoms with van der Waals surface area (Å²) in [6, 6.07) is 11.9. The molecule has 3 N–H and O–H groups in total. The maximum Gasteiger partial charge on any atom is 0.264 e. The van der Waals surface area contributed by atoms with E-state index in [1.165, 1.54) is 13.2 Å². The zero-order valence-electron chi connectivity index (χ0n) is 34.3. The summed E-state index contributed by atoms with van der Waals surface area (Å²) in [6.07, 6.45) is 0.154. The van der Waals surface area contributed by atoms with Gasteiger partial charge in [-0.3, -0.25) is 53.5 Å². The van der Waals surface area contributed by atoms with E-state index in [2.05, 4.69) is 16.0 Å². The fraction of sp³-hybridized carbons (Fsp3) is 0.395. The van der Waals surface area contributed by atoms with Crippen molar-refractivity contribution in [3.63, 3.8) is 0 Å². The molecule has 3 fully saturated rings. The number of benzene rings is 3. The van der Waals surface area contributed by atoms with Crippen LogP contribution in [0.15, 0.2) is 48.5 Å². The highest BCUT2D eigenvalue weighted by Crippen LogP contribution is 2.39. The van der Waals surface area contributed by atoms with Gasteiger partial charge >= 0.3 is 0 Å². The molecule has 0 saturated carbocycles. The number of carbonyl (C=O) groups is 8. The van der Waals surface area contributed by atoms with Crippen LogP contribution in [0.1, 0.15) is 56.8 Å². The molecule has 4 aliphatic heterocycles. The van der Waals surface area contributed by atoms with Gasteiger partial charge in [0.05, 0.1) is 35.4 Å². The number of hydrogen-bond acceptors (Lipinski definition) is 11. The molecule has 4 aliphatic rings. The van der Waals surface area contributed by atoms with E-state index in [1.54, 1.807) is 57.2 Å². The van der Waals surface area contributed by atoms with Crippen LogP contribution >= 0.6 is 34.8 Å². The zero-order valence-corrected chi connectivity index (χ0v) is 36.6. The van der Waals surface area contributed by atoms with Gasteiger partial charge in [0.2, 0.25) is 29.5 Å². The van der Waals surface area contributed by atoms with Crippen molar-refractivity contribution in [2.24, 2.45) is 0 Å². The monoisotopic (exact) mass is 922 g/mol. The molecule has 7 rings (SSSR count). The molecule has 20 heteroatoms. The van der Waals surface area contributed by atoms with Gasteiger partial charge < -0.3 is 30.1 Å². The van der Waals surface area contributed by atoms with Crippen LogP contribution < -0.4 is 20.7 Å². The van der Waals surface area contributed by atoms with E-state index in [-0.39, 0.29) is 93.2 Å². The maximum atomic E-state index is 13.7. The van der Waals surface area contributed by atoms with Gasteiger partial charge in [-0.15, -0.1) is 0 Å². The van der Waals surface area contributed by atoms with Crippen molar-refractivity contribution in [2.45, 2.75) is 31.7 Å². The van der Waals surface area contributed by atoms with Crippen LogP contribution in [0, 0.1) is 0 Å². The number of hydrogen-bond donors (Lipinski definition) is 3. The topological polar surface area (TPSA) is 198 Å². The van der Waals surface area contributed by atoms with Gasteiger partial charge in [0.25, 0.3) is 17.7 Å². The number of fused-ring (bicyclic) bond motifs is 1. The second kappa shape index (κ2) is 19.7. The van der Waals surface area contributed by atoms with E-state index >= 15 is 0 Å². The molecular formula is C43H45Cl3N8O9. The summed E-state index contributed by atoms with van der Waals surface area (Å²) in [5.41, 5.74) is 2.07. The number of anilines is 1. The van der Waals surface area contributed by atoms with Crippen LogP contribution in [-0.2, 0) is 24.0 Å². The molecule has 0 bridgehead atoms. The van der Waals surface area contributed by atoms with E-state index in [0.29, 0.717) is 82.5 Å². The predicted molar refractivity (Wildman–Crippen MR) is 233 cm³/mol. The predicted octanol–water partition coefficient (Wildman–Crippen LogP) is 3.16. The number of carbonyl (C=O) groups excluding carboxylic acids is 8. The number of ether oxygens (including phenoxy) is 1. The number of imide groups is 2. The van der Waals surface area contributed by atoms with Crippen molar-refractivity contribution in [2.75, 3.05) is 84.4 Å². The van der Waals surface area contributed by atoms with Gasteiger partial charge in [-0.05, 0) is 42.8 Å². The lowest BCUT2D eigenvalue weighted by Gasteiger charge is -2.36. The van der Waals surface area contributed by atoms with Gasteiger partial charge in [0.1, 0.15) is 11.8 Å². The van der Waals surface area contributed by atoms with Crippen molar-refractivity contribution < 1.29 is 43.1 Å². The van der Waals surface area contributed by atoms with E-state index in [4.69, 9.17) is 39.5 Å². The van der Waals surface area contributed by atoms with Crippen molar-refractivity contribution >= 4 is 87.7 Å². The molecule has 1 atom stereocenters. The number of halogens is 3. The van der Waals surface area contributed by atoms with Crippen LogP contribution in [-0.4, -0.2) is 157 Å². The third kappa shape index (κ3) is 10.1. The molecule has 0 aliphatic carbocycles. The number of methoxy groups -OCH3 is 1. The lowest BCUT2D eigenvalue weighted by Crippen LogP contribution is -2.54. The molecule has 3 saturated heterocycles. The molecule has 332 valence electrons. The van der Waals surface area contributed by atoms with Crippen LogP contribution in [0.25, 0.3) is 11.1 Å². The molecule has 3 aromatic carbocycles. The minimum absolute atomic E-state index is 0.0220. The van der Waals surface area contributed by atoms with Gasteiger partial charge in [0, 0.05) is 118 Å². The van der Waals surface area contributed by atoms with Gasteiger partial charge in [0.15, 0.2) is 0 Å². The Bertz CT molecular complexity index is 2370. The van der Waals surface area contributed by atoms with Gasteiger partial charge in [-0.25, -0.2) is 0 Å². The van der Waals surface area contributed by atoms with E-state index in [0.717, 1.165) is 4.90 Å². The van der Waals surface area contributed by atoms with Crippen molar-refractivity contribution in [3.8, 4) is 16.9 Å². The summed E-state index contributed by atoms with van der Waals surface area (Å²) < 4.78 is 5.49. The fourth-order valence-electron chi connectivity index (χ4n) is 8.14. The third-order valence-electron chi connectivity index (χ3n) is 11.5. The second-order valence-corrected chi connectivity index (χ2v) is 16.7. The minimum Gasteiger partial charge on any atom is -0.496 e. The summed E-state index contributed by atoms with van der Waals surface area (Å²) in [5, 5.41) is 9.33. The van der Waals surface area contributed by atoms with E-state index in [1.807, 2.05) is 4.90 Å². The lowest BCUT2D eigenvalue weighted by atomic mass is 10.0. The van der Waals surface area contributed by atoms with Crippen molar-refractivity contribution in [1.82, 2.24) is 35.1 Å². The van der Waals surface area contributed by atoms with Crippen molar-refractivity contribution in [3.05, 3.63) is 80.3 Å². The first-order valence-corrected chi connectivity index (χ1v) is 21.6. The first-order chi connectivity index (χ1) is 30.2. The van der Waals surface area contributed by atoms with Crippen LogP contribution in [0.5, 0.6) is 5.75 Å². The largest absolute Gasteiger partial charge is 0.496 e. The summed E-state index contributed by atoms with van der Waals surface area (Å²) in [5.74, 6) is -2.90. The Hall–Kier alpha value is -5.75. The molecule has 0 aromatic heterocycles. The average Bonchev–Trinajstić information content (AvgIpc) is 3.53. The fourth-order valence-corrected chi connectivity index (χ4v) is 8.78. The number of nitrogens with zero attached hydrogens (tertiary/aromatic N) is 5. The molecule has 0 radical (unpaired) electrons. The summed E-state index contributed by atoms with van der Waals surface area (Å²) >= 11 is 19.2. The first-order valence-electron chi connectivity index (χ1n) is 20.5. The Labute approximate surface area is 377 Å². The standard InChI is InChI=1S/C43H45Cl3N8O9/c1-63-34-23-31(46)28(27-21-25(44)5-6-30(27)45)22-29(34)41(60)53-19-17-52(18-20-53)38(58)10-9-37(57)51-15-13-50(14-16-51)24-36(56)48-12-11-47-32-4-2-3-26-39(32)43(62)54(42(26)61)33-7-8-35(55)49-40(33)59/h2-6,21-23,33,47H,7-20,24H2,1H3,(H,48,56)(H,49,55,59). The summed E-state index contributed by atoms with van der Waals surface area (Å²) in [7, 11) is 1.45. The summed E-state index contributed by atoms with van der Waals surface area (Å²) in [4.78, 5) is 111. The number of piperidine rings is 1. The Balaban J connectivity index is 0.804. The van der Waals surface area contributed by atoms with Crippen LogP contribution in [0.4, 0.5) is 5.69 Å². The lowest BCUT2D eigenvalue weighted by molar-refractivity contribution is -0.139. The van der Waals surface area contributed by atoms with Crippen LogP contribution in [0.2, 0.25) is 15.1 Å². The number of piperazine rings is 2. The van der Waals surface area contributed by atoms with Gasteiger partial charge in [-0.2, -0.15) is 0 Å². The Kier molecular flexibility index (Phi) is 14.2. The summed E-state index contributed by atoms with van der Waals surface area (Å²) in [6.45, 7) is 3.53. The molecule has 17 nitrogen and oxygen atoms in total. The molecule has 1 unspecified atom stereocenters. The molecular weight excluding hydrogens is 879 g/mol. The molecule has 63 heavy (non-hydrogen) atoms. The Morgan fingerprint density at radius 3 is 2.06 bits per heavy atom. The Morgan fingerprint density at radius 1 is 0.746 bits per heavy atom. The third-order valence-corrected chi connectivity index (χ3v) is 12.4. The molecule has 8 amide bonds. The first kappa shape index (κ1) is 45.3. The highest BCUT2D eigenvalue weighted by atomic mass is 35.5. The van der Waals surface area contributed by atoms with Gasteiger partial charge in [-0.1, -0.05) is 40.9 Å². The smallest absolute Gasteiger partial charge is 0.264 e. The molecule has 4 heterocycles. The second-order valence-electron chi connectivity index (χ2n) is 15.4. The minimum atomic E-state index is -1.07. The Morgan fingerprint density at radius 2 is 1.40 bits per heavy atom. The zero-order chi connectivity index (χ0) is 44.9. The highest BCUT2D eigenvalue weighted by Gasteiger charge is 2.45. The van der Waals surface area contributed by atoms with E-state index < -0.39 is 29.7 Å². The SMILES string of the molecule is COc1cc(Cl)c(-c2cc(Cl)ccc2Cl)cc1C(=O)N1CCN(C(=O)CCC(=O)N2CCN(CC(=O)NCCNc3cccc4c3C(=O)N(C3CCC(=O)NC3=O)C4=O)CC2)CC1. The van der Waals surface area contributed by atoms with Crippen molar-refractivity contribution in [1.29, 1.82) is 0 Å². The van der Waals surface area contributed by atoms with Crippen LogP contribution in [0.3, 0.4) is 0 Å². The maximum absolute atomic E-state index is 13.7.